The van der Waals surface area contributed by atoms with E-state index in [0.717, 1.165) is 13.8 Å². The molecular formula is C6H11F2NO2. The Bertz CT molecular complexity index is 162. The van der Waals surface area contributed by atoms with E-state index < -0.39 is 17.6 Å². The van der Waals surface area contributed by atoms with E-state index in [2.05, 4.69) is 0 Å². The minimum absolute atomic E-state index is 0.670. The van der Waals surface area contributed by atoms with Crippen molar-refractivity contribution in [1.29, 1.82) is 0 Å². The van der Waals surface area contributed by atoms with Gasteiger partial charge in [-0.15, -0.1) is 0 Å². The van der Waals surface area contributed by atoms with Crippen molar-refractivity contribution < 1.29 is 18.7 Å². The number of alkyl halides is 2. The summed E-state index contributed by atoms with van der Waals surface area (Å²) in [5.41, 5.74) is -1.72. The largest absolute Gasteiger partial charge is 0.465 e. The van der Waals surface area contributed by atoms with Crippen LogP contribution in [0.2, 0.25) is 0 Å². The molecule has 0 aliphatic carbocycles. The van der Waals surface area contributed by atoms with Gasteiger partial charge in [0.25, 0.3) is 5.92 Å². The number of carboxylic acid groups (broad SMARTS) is 1. The van der Waals surface area contributed by atoms with Crippen molar-refractivity contribution in [3.8, 4) is 0 Å². The number of nitrogens with one attached hydrogen (secondary N) is 1. The van der Waals surface area contributed by atoms with Crippen LogP contribution in [0.15, 0.2) is 0 Å². The van der Waals surface area contributed by atoms with E-state index >= 15 is 0 Å². The van der Waals surface area contributed by atoms with Crippen molar-refractivity contribution in [1.82, 2.24) is 5.32 Å². The maximum absolute atomic E-state index is 12.5. The molecule has 0 aromatic heterocycles. The van der Waals surface area contributed by atoms with Gasteiger partial charge in [0.15, 0.2) is 0 Å². The van der Waals surface area contributed by atoms with Crippen LogP contribution < -0.4 is 5.32 Å². The lowest BCUT2D eigenvalue weighted by Crippen LogP contribution is -2.54. The Hall–Kier alpha value is -0.870. The highest BCUT2D eigenvalue weighted by atomic mass is 19.3. The lowest BCUT2D eigenvalue weighted by molar-refractivity contribution is -0.0553. The standard InChI is InChI=1S/C6H11F2NO2/c1-5(2,6(3,7)8)9-4(10)11/h9H,1-3H3,(H,10,11). The molecule has 0 aromatic rings. The summed E-state index contributed by atoms with van der Waals surface area (Å²) in [6.45, 7) is 2.92. The topological polar surface area (TPSA) is 49.3 Å². The van der Waals surface area contributed by atoms with Gasteiger partial charge in [-0.25, -0.2) is 13.6 Å². The fraction of sp³-hybridized carbons (Fsp3) is 0.833. The molecule has 0 radical (unpaired) electrons. The quantitative estimate of drug-likeness (QED) is 0.657. The molecule has 0 bridgehead atoms. The summed E-state index contributed by atoms with van der Waals surface area (Å²) >= 11 is 0. The smallest absolute Gasteiger partial charge is 0.405 e. The molecular weight excluding hydrogens is 156 g/mol. The molecule has 3 nitrogen and oxygen atoms in total. The summed E-state index contributed by atoms with van der Waals surface area (Å²) in [7, 11) is 0. The van der Waals surface area contributed by atoms with Crippen LogP contribution in [-0.2, 0) is 0 Å². The van der Waals surface area contributed by atoms with Gasteiger partial charge in [0.05, 0.1) is 0 Å². The Balaban J connectivity index is 4.34. The Morgan fingerprint density at radius 2 is 1.73 bits per heavy atom. The van der Waals surface area contributed by atoms with Crippen LogP contribution in [0.5, 0.6) is 0 Å². The second-order valence-electron chi connectivity index (χ2n) is 2.94. The molecule has 0 aromatic carbocycles. The van der Waals surface area contributed by atoms with Crippen LogP contribution in [0.25, 0.3) is 0 Å². The van der Waals surface area contributed by atoms with E-state index in [1.54, 1.807) is 5.32 Å². The predicted octanol–water partition coefficient (Wildman–Crippen LogP) is 1.69. The van der Waals surface area contributed by atoms with E-state index in [9.17, 15) is 13.6 Å². The molecule has 2 N–H and O–H groups in total. The predicted molar refractivity (Wildman–Crippen MR) is 35.9 cm³/mol. The van der Waals surface area contributed by atoms with Crippen LogP contribution >= 0.6 is 0 Å². The summed E-state index contributed by atoms with van der Waals surface area (Å²) in [4.78, 5) is 10.0. The minimum Gasteiger partial charge on any atom is -0.465 e. The lowest BCUT2D eigenvalue weighted by atomic mass is 9.98. The number of carbonyl (C=O) groups is 1. The second kappa shape index (κ2) is 2.64. The first-order chi connectivity index (χ1) is 4.67. The molecule has 0 aliphatic heterocycles. The van der Waals surface area contributed by atoms with Crippen LogP contribution in [0.1, 0.15) is 20.8 Å². The number of rotatable bonds is 2. The minimum atomic E-state index is -3.06. The normalized spacial score (nSPS) is 12.8. The molecule has 0 unspecified atom stereocenters. The van der Waals surface area contributed by atoms with Crippen LogP contribution in [0.4, 0.5) is 13.6 Å². The zero-order valence-electron chi connectivity index (χ0n) is 6.61. The van der Waals surface area contributed by atoms with Crippen molar-refractivity contribution >= 4 is 6.09 Å². The highest BCUT2D eigenvalue weighted by Crippen LogP contribution is 2.26. The molecule has 0 fully saturated rings. The maximum Gasteiger partial charge on any atom is 0.405 e. The molecule has 0 saturated heterocycles. The van der Waals surface area contributed by atoms with Gasteiger partial charge < -0.3 is 10.4 Å². The van der Waals surface area contributed by atoms with E-state index in [-0.39, 0.29) is 0 Å². The van der Waals surface area contributed by atoms with Gasteiger partial charge in [0.1, 0.15) is 5.54 Å². The van der Waals surface area contributed by atoms with Crippen LogP contribution in [0.3, 0.4) is 0 Å². The van der Waals surface area contributed by atoms with Gasteiger partial charge in [-0.3, -0.25) is 0 Å². The van der Waals surface area contributed by atoms with Gasteiger partial charge in [0, 0.05) is 6.92 Å². The summed E-state index contributed by atoms with van der Waals surface area (Å²) in [6, 6.07) is 0. The zero-order chi connectivity index (χ0) is 9.28. The van der Waals surface area contributed by atoms with Gasteiger partial charge >= 0.3 is 6.09 Å². The molecule has 5 heteroatoms. The Morgan fingerprint density at radius 1 is 1.36 bits per heavy atom. The summed E-state index contributed by atoms with van der Waals surface area (Å²) in [5.74, 6) is -3.06. The number of amides is 1. The lowest BCUT2D eigenvalue weighted by Gasteiger charge is -2.30. The third-order valence-electron chi connectivity index (χ3n) is 1.52. The van der Waals surface area contributed by atoms with E-state index in [0.29, 0.717) is 6.92 Å². The van der Waals surface area contributed by atoms with Crippen molar-refractivity contribution in [2.24, 2.45) is 0 Å². The highest BCUT2D eigenvalue weighted by Gasteiger charge is 2.43. The number of hydrogen-bond donors (Lipinski definition) is 2. The maximum atomic E-state index is 12.5. The van der Waals surface area contributed by atoms with E-state index in [4.69, 9.17) is 5.11 Å². The Morgan fingerprint density at radius 3 is 1.82 bits per heavy atom. The van der Waals surface area contributed by atoms with Crippen molar-refractivity contribution in [3.63, 3.8) is 0 Å². The summed E-state index contributed by atoms with van der Waals surface area (Å²) in [5, 5.41) is 9.89. The third-order valence-corrected chi connectivity index (χ3v) is 1.52. The van der Waals surface area contributed by atoms with Crippen LogP contribution in [-0.4, -0.2) is 22.7 Å². The molecule has 0 rings (SSSR count). The summed E-state index contributed by atoms with van der Waals surface area (Å²) < 4.78 is 25.1. The van der Waals surface area contributed by atoms with Gasteiger partial charge in [0.2, 0.25) is 0 Å². The average Bonchev–Trinajstić information content (AvgIpc) is 1.56. The molecule has 1 amide bonds. The fourth-order valence-corrected chi connectivity index (χ4v) is 0.377. The fourth-order valence-electron chi connectivity index (χ4n) is 0.377. The first-order valence-corrected chi connectivity index (χ1v) is 3.06. The number of hydrogen-bond acceptors (Lipinski definition) is 1. The van der Waals surface area contributed by atoms with Gasteiger partial charge in [-0.2, -0.15) is 0 Å². The molecule has 66 valence electrons. The SMILES string of the molecule is CC(F)(F)C(C)(C)NC(=O)O. The van der Waals surface area contributed by atoms with Gasteiger partial charge in [-0.05, 0) is 13.8 Å². The Kier molecular flexibility index (Phi) is 2.43. The molecule has 0 aliphatic rings. The van der Waals surface area contributed by atoms with Crippen molar-refractivity contribution in [3.05, 3.63) is 0 Å². The molecule has 0 heterocycles. The summed E-state index contributed by atoms with van der Waals surface area (Å²) in [6.07, 6.45) is -1.45. The second-order valence-corrected chi connectivity index (χ2v) is 2.94. The van der Waals surface area contributed by atoms with Gasteiger partial charge in [-0.1, -0.05) is 0 Å². The highest BCUT2D eigenvalue weighted by molar-refractivity contribution is 5.65. The first kappa shape index (κ1) is 10.1. The third kappa shape index (κ3) is 2.69. The van der Waals surface area contributed by atoms with Crippen molar-refractivity contribution in [2.45, 2.75) is 32.2 Å². The first-order valence-electron chi connectivity index (χ1n) is 3.06. The zero-order valence-corrected chi connectivity index (χ0v) is 6.61. The van der Waals surface area contributed by atoms with Crippen molar-refractivity contribution in [2.75, 3.05) is 0 Å². The Labute approximate surface area is 63.4 Å². The average molecular weight is 167 g/mol. The van der Waals surface area contributed by atoms with E-state index in [1.165, 1.54) is 0 Å². The molecule has 0 atom stereocenters. The monoisotopic (exact) mass is 167 g/mol. The van der Waals surface area contributed by atoms with E-state index in [1.807, 2.05) is 0 Å². The van der Waals surface area contributed by atoms with Crippen LogP contribution in [0, 0.1) is 0 Å². The molecule has 11 heavy (non-hydrogen) atoms. The number of halogens is 2. The molecule has 0 saturated carbocycles. The molecule has 0 spiro atoms.